The molecule has 74 valence electrons. The van der Waals surface area contributed by atoms with Gasteiger partial charge in [-0.05, 0) is 24.7 Å². The molecule has 2 aromatic rings. The standard InChI is InChI=1S/C11H15N3/c1-13-6-8-7-14(2)11-5-9(12)3-4-10(8)11/h3-5,7,13H,6,12H2,1-2H3. The molecule has 1 aromatic heterocycles. The zero-order valence-corrected chi connectivity index (χ0v) is 8.54. The number of hydrogen-bond acceptors (Lipinski definition) is 2. The molecular weight excluding hydrogens is 174 g/mol. The third kappa shape index (κ3) is 1.36. The molecule has 0 radical (unpaired) electrons. The molecule has 3 N–H and O–H groups in total. The predicted molar refractivity (Wildman–Crippen MR) is 60.1 cm³/mol. The van der Waals surface area contributed by atoms with Crippen LogP contribution in [0, 0.1) is 0 Å². The van der Waals surface area contributed by atoms with Gasteiger partial charge in [0.25, 0.3) is 0 Å². The van der Waals surface area contributed by atoms with Crippen LogP contribution in [0.4, 0.5) is 5.69 Å². The van der Waals surface area contributed by atoms with Gasteiger partial charge in [0.1, 0.15) is 0 Å². The molecule has 0 unspecified atom stereocenters. The normalized spacial score (nSPS) is 11.0. The molecule has 0 bridgehead atoms. The fraction of sp³-hybridized carbons (Fsp3) is 0.273. The summed E-state index contributed by atoms with van der Waals surface area (Å²) in [6.45, 7) is 0.890. The Balaban J connectivity index is 2.65. The van der Waals surface area contributed by atoms with Crippen LogP contribution in [0.1, 0.15) is 5.56 Å². The summed E-state index contributed by atoms with van der Waals surface area (Å²) in [5.74, 6) is 0. The second-order valence-electron chi connectivity index (χ2n) is 3.57. The van der Waals surface area contributed by atoms with Crippen LogP contribution in [0.3, 0.4) is 0 Å². The van der Waals surface area contributed by atoms with Gasteiger partial charge in [0, 0.05) is 30.9 Å². The number of nitrogens with two attached hydrogens (primary N) is 1. The number of nitrogens with one attached hydrogen (secondary N) is 1. The molecule has 0 saturated carbocycles. The molecule has 0 spiro atoms. The van der Waals surface area contributed by atoms with Crippen molar-refractivity contribution in [3.63, 3.8) is 0 Å². The van der Waals surface area contributed by atoms with Gasteiger partial charge < -0.3 is 15.6 Å². The number of aryl methyl sites for hydroxylation is 1. The van der Waals surface area contributed by atoms with Gasteiger partial charge >= 0.3 is 0 Å². The van der Waals surface area contributed by atoms with Gasteiger partial charge in [0.2, 0.25) is 0 Å². The second kappa shape index (κ2) is 3.35. The molecule has 14 heavy (non-hydrogen) atoms. The average Bonchev–Trinajstić information content (AvgIpc) is 2.44. The summed E-state index contributed by atoms with van der Waals surface area (Å²) in [5.41, 5.74) is 9.06. The summed E-state index contributed by atoms with van der Waals surface area (Å²) in [6, 6.07) is 6.04. The summed E-state index contributed by atoms with van der Waals surface area (Å²) in [6.07, 6.45) is 2.14. The number of benzene rings is 1. The van der Waals surface area contributed by atoms with E-state index in [9.17, 15) is 0 Å². The molecule has 3 heteroatoms. The largest absolute Gasteiger partial charge is 0.399 e. The number of hydrogen-bond donors (Lipinski definition) is 2. The van der Waals surface area contributed by atoms with Gasteiger partial charge in [-0.15, -0.1) is 0 Å². The van der Waals surface area contributed by atoms with Gasteiger partial charge in [0.15, 0.2) is 0 Å². The minimum absolute atomic E-state index is 0.815. The smallest absolute Gasteiger partial charge is 0.0501 e. The lowest BCUT2D eigenvalue weighted by Crippen LogP contribution is -2.04. The lowest BCUT2D eigenvalue weighted by Gasteiger charge is -1.98. The van der Waals surface area contributed by atoms with E-state index in [1.54, 1.807) is 0 Å². The topological polar surface area (TPSA) is 43.0 Å². The van der Waals surface area contributed by atoms with Crippen molar-refractivity contribution in [2.24, 2.45) is 7.05 Å². The van der Waals surface area contributed by atoms with E-state index in [4.69, 9.17) is 5.73 Å². The Bertz CT molecular complexity index is 457. The van der Waals surface area contributed by atoms with Gasteiger partial charge in [-0.3, -0.25) is 0 Å². The first-order chi connectivity index (χ1) is 6.72. The molecule has 1 heterocycles. The van der Waals surface area contributed by atoms with Crippen molar-refractivity contribution in [2.45, 2.75) is 6.54 Å². The summed E-state index contributed by atoms with van der Waals surface area (Å²) in [4.78, 5) is 0. The number of nitrogens with zero attached hydrogens (tertiary/aromatic N) is 1. The molecule has 0 atom stereocenters. The van der Waals surface area contributed by atoms with E-state index in [2.05, 4.69) is 22.1 Å². The van der Waals surface area contributed by atoms with Crippen molar-refractivity contribution in [1.82, 2.24) is 9.88 Å². The molecule has 0 amide bonds. The number of nitrogen functional groups attached to an aromatic ring is 1. The van der Waals surface area contributed by atoms with Crippen LogP contribution >= 0.6 is 0 Å². The van der Waals surface area contributed by atoms with Crippen molar-refractivity contribution >= 4 is 16.6 Å². The Morgan fingerprint density at radius 1 is 1.43 bits per heavy atom. The van der Waals surface area contributed by atoms with Gasteiger partial charge in [0.05, 0.1) is 5.52 Å². The maximum atomic E-state index is 5.75. The van der Waals surface area contributed by atoms with Crippen molar-refractivity contribution in [3.8, 4) is 0 Å². The first kappa shape index (κ1) is 9.09. The average molecular weight is 189 g/mol. The van der Waals surface area contributed by atoms with Crippen molar-refractivity contribution in [1.29, 1.82) is 0 Å². The molecule has 0 aliphatic rings. The number of fused-ring (bicyclic) bond motifs is 1. The van der Waals surface area contributed by atoms with Crippen molar-refractivity contribution in [2.75, 3.05) is 12.8 Å². The van der Waals surface area contributed by atoms with Gasteiger partial charge in [-0.2, -0.15) is 0 Å². The highest BCUT2D eigenvalue weighted by molar-refractivity contribution is 5.86. The maximum absolute atomic E-state index is 5.75. The quantitative estimate of drug-likeness (QED) is 0.703. The van der Waals surface area contributed by atoms with Gasteiger partial charge in [-0.25, -0.2) is 0 Å². The van der Waals surface area contributed by atoms with E-state index in [-0.39, 0.29) is 0 Å². The van der Waals surface area contributed by atoms with E-state index < -0.39 is 0 Å². The van der Waals surface area contributed by atoms with E-state index in [1.165, 1.54) is 16.5 Å². The molecule has 1 aromatic carbocycles. The summed E-state index contributed by atoms with van der Waals surface area (Å²) in [7, 11) is 4.00. The highest BCUT2D eigenvalue weighted by atomic mass is 14.9. The van der Waals surface area contributed by atoms with E-state index in [0.29, 0.717) is 0 Å². The second-order valence-corrected chi connectivity index (χ2v) is 3.57. The SMILES string of the molecule is CNCc1cn(C)c2cc(N)ccc12. The lowest BCUT2D eigenvalue weighted by atomic mass is 10.1. The third-order valence-corrected chi connectivity index (χ3v) is 2.46. The Labute approximate surface area is 83.5 Å². The van der Waals surface area contributed by atoms with E-state index in [1.807, 2.05) is 26.2 Å². The summed E-state index contributed by atoms with van der Waals surface area (Å²) in [5, 5.41) is 4.43. The predicted octanol–water partition coefficient (Wildman–Crippen LogP) is 1.48. The number of aromatic nitrogens is 1. The summed E-state index contributed by atoms with van der Waals surface area (Å²) < 4.78 is 2.11. The molecule has 2 rings (SSSR count). The third-order valence-electron chi connectivity index (χ3n) is 2.46. The van der Waals surface area contributed by atoms with Crippen LogP contribution in [0.25, 0.3) is 10.9 Å². The first-order valence-electron chi connectivity index (χ1n) is 4.70. The van der Waals surface area contributed by atoms with Crippen LogP contribution in [0.15, 0.2) is 24.4 Å². The Morgan fingerprint density at radius 2 is 2.21 bits per heavy atom. The molecule has 3 nitrogen and oxygen atoms in total. The minimum atomic E-state index is 0.815. The van der Waals surface area contributed by atoms with Crippen LogP contribution < -0.4 is 11.1 Å². The fourth-order valence-corrected chi connectivity index (χ4v) is 1.82. The Kier molecular flexibility index (Phi) is 2.17. The van der Waals surface area contributed by atoms with Crippen LogP contribution in [0.2, 0.25) is 0 Å². The van der Waals surface area contributed by atoms with Crippen LogP contribution in [-0.4, -0.2) is 11.6 Å². The van der Waals surface area contributed by atoms with Gasteiger partial charge in [-0.1, -0.05) is 6.07 Å². The lowest BCUT2D eigenvalue weighted by molar-refractivity contribution is 0.815. The number of rotatable bonds is 2. The van der Waals surface area contributed by atoms with E-state index in [0.717, 1.165) is 12.2 Å². The molecule has 0 aliphatic heterocycles. The fourth-order valence-electron chi connectivity index (χ4n) is 1.82. The number of anilines is 1. The maximum Gasteiger partial charge on any atom is 0.0501 e. The first-order valence-corrected chi connectivity index (χ1v) is 4.70. The van der Waals surface area contributed by atoms with Crippen LogP contribution in [0.5, 0.6) is 0 Å². The van der Waals surface area contributed by atoms with E-state index >= 15 is 0 Å². The zero-order chi connectivity index (χ0) is 10.1. The molecule has 0 saturated heterocycles. The van der Waals surface area contributed by atoms with Crippen molar-refractivity contribution in [3.05, 3.63) is 30.0 Å². The van der Waals surface area contributed by atoms with Crippen molar-refractivity contribution < 1.29 is 0 Å². The van der Waals surface area contributed by atoms with Crippen LogP contribution in [-0.2, 0) is 13.6 Å². The molecule has 0 fully saturated rings. The summed E-state index contributed by atoms with van der Waals surface area (Å²) >= 11 is 0. The highest BCUT2D eigenvalue weighted by Gasteiger charge is 2.05. The molecule has 0 aliphatic carbocycles. The zero-order valence-electron chi connectivity index (χ0n) is 8.54. The Morgan fingerprint density at radius 3 is 2.93 bits per heavy atom. The molecular formula is C11H15N3. The highest BCUT2D eigenvalue weighted by Crippen LogP contribution is 2.22. The monoisotopic (exact) mass is 189 g/mol. The Hall–Kier alpha value is -1.48. The minimum Gasteiger partial charge on any atom is -0.399 e.